The molecule has 1 unspecified atom stereocenters. The second-order valence-electron chi connectivity index (χ2n) is 4.66. The van der Waals surface area contributed by atoms with Gasteiger partial charge in [0.2, 0.25) is 0 Å². The first-order chi connectivity index (χ1) is 9.58. The van der Waals surface area contributed by atoms with E-state index < -0.39 is 11.6 Å². The van der Waals surface area contributed by atoms with Crippen LogP contribution in [0, 0.1) is 11.6 Å². The second kappa shape index (κ2) is 10.8. The number of nitrogens with zero attached hydrogens (tertiary/aromatic N) is 1. The highest BCUT2D eigenvalue weighted by Crippen LogP contribution is 2.12. The van der Waals surface area contributed by atoms with E-state index in [4.69, 9.17) is 0 Å². The Labute approximate surface area is 142 Å². The number of benzene rings is 1. The molecule has 0 spiro atoms. The van der Waals surface area contributed by atoms with Gasteiger partial charge in [0.15, 0.2) is 5.96 Å². The Bertz CT molecular complexity index is 432. The van der Waals surface area contributed by atoms with Crippen molar-refractivity contribution in [2.75, 3.05) is 13.1 Å². The van der Waals surface area contributed by atoms with Gasteiger partial charge in [0.05, 0.1) is 0 Å². The van der Waals surface area contributed by atoms with Crippen LogP contribution in [0.15, 0.2) is 23.2 Å². The van der Waals surface area contributed by atoms with Gasteiger partial charge in [-0.1, -0.05) is 13.0 Å². The number of hydrogen-bond donors (Lipinski definition) is 2. The lowest BCUT2D eigenvalue weighted by Gasteiger charge is -2.16. The molecule has 0 aliphatic heterocycles. The van der Waals surface area contributed by atoms with Crippen LogP contribution >= 0.6 is 24.0 Å². The maximum absolute atomic E-state index is 13.5. The third-order valence-electron chi connectivity index (χ3n) is 3.03. The molecule has 120 valence electrons. The Morgan fingerprint density at radius 1 is 1.24 bits per heavy atom. The topological polar surface area (TPSA) is 36.4 Å². The molecule has 0 heterocycles. The highest BCUT2D eigenvalue weighted by Gasteiger charge is 2.08. The van der Waals surface area contributed by atoms with E-state index in [0.717, 1.165) is 13.0 Å². The van der Waals surface area contributed by atoms with Gasteiger partial charge in [-0.2, -0.15) is 0 Å². The summed E-state index contributed by atoms with van der Waals surface area (Å²) in [5.41, 5.74) is 0.0932. The van der Waals surface area contributed by atoms with E-state index in [0.29, 0.717) is 18.5 Å². The van der Waals surface area contributed by atoms with Crippen molar-refractivity contribution in [1.29, 1.82) is 0 Å². The monoisotopic (exact) mass is 411 g/mol. The fourth-order valence-electron chi connectivity index (χ4n) is 1.71. The van der Waals surface area contributed by atoms with Gasteiger partial charge in [-0.15, -0.1) is 24.0 Å². The van der Waals surface area contributed by atoms with Crippen LogP contribution in [0.3, 0.4) is 0 Å². The van der Waals surface area contributed by atoms with Gasteiger partial charge in [0.1, 0.15) is 11.6 Å². The molecule has 21 heavy (non-hydrogen) atoms. The number of aliphatic imine (C=N–C) groups is 1. The van der Waals surface area contributed by atoms with Gasteiger partial charge in [0.25, 0.3) is 0 Å². The molecular weight excluding hydrogens is 387 g/mol. The SMILES string of the molecule is CCNC(=NCCc1c(F)cccc1F)NC(C)CC.I. The lowest BCUT2D eigenvalue weighted by molar-refractivity contribution is 0.555. The van der Waals surface area contributed by atoms with E-state index in [-0.39, 0.29) is 36.0 Å². The molecule has 1 rings (SSSR count). The molecule has 3 nitrogen and oxygen atoms in total. The molecule has 0 radical (unpaired) electrons. The molecule has 0 bridgehead atoms. The quantitative estimate of drug-likeness (QED) is 0.427. The Balaban J connectivity index is 0.00000400. The van der Waals surface area contributed by atoms with Crippen molar-refractivity contribution in [1.82, 2.24) is 10.6 Å². The zero-order chi connectivity index (χ0) is 15.0. The summed E-state index contributed by atoms with van der Waals surface area (Å²) in [6.07, 6.45) is 1.22. The maximum Gasteiger partial charge on any atom is 0.191 e. The lowest BCUT2D eigenvalue weighted by atomic mass is 10.1. The molecule has 0 saturated carbocycles. The summed E-state index contributed by atoms with van der Waals surface area (Å²) >= 11 is 0. The Morgan fingerprint density at radius 3 is 2.38 bits per heavy atom. The summed E-state index contributed by atoms with van der Waals surface area (Å²) < 4.78 is 26.9. The third kappa shape index (κ3) is 7.06. The first-order valence-corrected chi connectivity index (χ1v) is 7.06. The Hall–Kier alpha value is -0.920. The normalized spacial score (nSPS) is 12.5. The van der Waals surface area contributed by atoms with E-state index in [1.54, 1.807) is 0 Å². The third-order valence-corrected chi connectivity index (χ3v) is 3.03. The largest absolute Gasteiger partial charge is 0.357 e. The predicted molar refractivity (Wildman–Crippen MR) is 94.3 cm³/mol. The van der Waals surface area contributed by atoms with Gasteiger partial charge in [0, 0.05) is 24.7 Å². The summed E-state index contributed by atoms with van der Waals surface area (Å²) in [6, 6.07) is 4.21. The molecule has 1 aromatic rings. The average Bonchev–Trinajstić information content (AvgIpc) is 2.42. The standard InChI is InChI=1S/C15H23F2N3.HI/c1-4-11(3)20-15(18-5-2)19-10-9-12-13(16)7-6-8-14(12)17;/h6-8,11H,4-5,9-10H2,1-3H3,(H2,18,19,20);1H. The number of rotatable bonds is 6. The molecule has 1 aromatic carbocycles. The zero-order valence-corrected chi connectivity index (χ0v) is 15.1. The van der Waals surface area contributed by atoms with Crippen LogP contribution in [0.2, 0.25) is 0 Å². The Morgan fingerprint density at radius 2 is 1.86 bits per heavy atom. The molecule has 0 amide bonds. The van der Waals surface area contributed by atoms with E-state index >= 15 is 0 Å². The van der Waals surface area contributed by atoms with Gasteiger partial charge in [-0.05, 0) is 38.8 Å². The average molecular weight is 411 g/mol. The fraction of sp³-hybridized carbons (Fsp3) is 0.533. The van der Waals surface area contributed by atoms with Crippen LogP contribution in [0.25, 0.3) is 0 Å². The molecule has 0 aromatic heterocycles. The van der Waals surface area contributed by atoms with Crippen molar-refractivity contribution in [3.8, 4) is 0 Å². The second-order valence-corrected chi connectivity index (χ2v) is 4.66. The molecule has 0 aliphatic rings. The molecule has 0 fully saturated rings. The van der Waals surface area contributed by atoms with Crippen LogP contribution < -0.4 is 10.6 Å². The highest BCUT2D eigenvalue weighted by molar-refractivity contribution is 14.0. The van der Waals surface area contributed by atoms with E-state index in [9.17, 15) is 8.78 Å². The summed E-state index contributed by atoms with van der Waals surface area (Å²) in [6.45, 7) is 7.20. The maximum atomic E-state index is 13.5. The van der Waals surface area contributed by atoms with Gasteiger partial charge in [-0.3, -0.25) is 4.99 Å². The minimum Gasteiger partial charge on any atom is -0.357 e. The van der Waals surface area contributed by atoms with E-state index in [1.807, 2.05) is 6.92 Å². The van der Waals surface area contributed by atoms with Crippen molar-refractivity contribution in [2.45, 2.75) is 39.7 Å². The molecule has 1 atom stereocenters. The van der Waals surface area contributed by atoms with Crippen LogP contribution in [0.1, 0.15) is 32.8 Å². The van der Waals surface area contributed by atoms with E-state index in [1.165, 1.54) is 18.2 Å². The molecule has 0 aliphatic carbocycles. The van der Waals surface area contributed by atoms with Crippen LogP contribution in [0.4, 0.5) is 8.78 Å². The van der Waals surface area contributed by atoms with E-state index in [2.05, 4.69) is 29.5 Å². The summed E-state index contributed by atoms with van der Waals surface area (Å²) in [4.78, 5) is 4.34. The minimum atomic E-state index is -0.514. The number of guanidine groups is 1. The summed E-state index contributed by atoms with van der Waals surface area (Å²) in [5, 5.41) is 6.35. The van der Waals surface area contributed by atoms with Gasteiger partial charge >= 0.3 is 0 Å². The van der Waals surface area contributed by atoms with Gasteiger partial charge in [-0.25, -0.2) is 8.78 Å². The van der Waals surface area contributed by atoms with Gasteiger partial charge < -0.3 is 10.6 Å². The fourth-order valence-corrected chi connectivity index (χ4v) is 1.71. The zero-order valence-electron chi connectivity index (χ0n) is 12.7. The molecule has 6 heteroatoms. The molecule has 0 saturated heterocycles. The number of nitrogens with one attached hydrogen (secondary N) is 2. The molecule has 2 N–H and O–H groups in total. The molecular formula is C15H24F2IN3. The number of halogens is 3. The lowest BCUT2D eigenvalue weighted by Crippen LogP contribution is -2.42. The highest BCUT2D eigenvalue weighted by atomic mass is 127. The number of hydrogen-bond acceptors (Lipinski definition) is 1. The predicted octanol–water partition coefficient (Wildman–Crippen LogP) is 3.48. The summed E-state index contributed by atoms with van der Waals surface area (Å²) in [7, 11) is 0. The van der Waals surface area contributed by atoms with Crippen molar-refractivity contribution < 1.29 is 8.78 Å². The van der Waals surface area contributed by atoms with Crippen LogP contribution in [-0.2, 0) is 6.42 Å². The minimum absolute atomic E-state index is 0. The Kier molecular flexibility index (Phi) is 10.3. The first-order valence-electron chi connectivity index (χ1n) is 7.06. The van der Waals surface area contributed by atoms with Crippen LogP contribution in [0.5, 0.6) is 0 Å². The van der Waals surface area contributed by atoms with Crippen LogP contribution in [-0.4, -0.2) is 25.1 Å². The first kappa shape index (κ1) is 20.1. The smallest absolute Gasteiger partial charge is 0.191 e. The van der Waals surface area contributed by atoms with Crippen molar-refractivity contribution in [2.24, 2.45) is 4.99 Å². The summed E-state index contributed by atoms with van der Waals surface area (Å²) in [5.74, 6) is -0.348. The van der Waals surface area contributed by atoms with Crippen molar-refractivity contribution in [3.05, 3.63) is 35.4 Å². The van der Waals surface area contributed by atoms with Crippen molar-refractivity contribution in [3.63, 3.8) is 0 Å². The van der Waals surface area contributed by atoms with Crippen molar-refractivity contribution >= 4 is 29.9 Å².